The van der Waals surface area contributed by atoms with E-state index in [2.05, 4.69) is 10.1 Å². The molecule has 1 atom stereocenters. The Bertz CT molecular complexity index is 391. The fraction of sp³-hybridized carbons (Fsp3) is 0.643. The van der Waals surface area contributed by atoms with Crippen molar-refractivity contribution in [1.82, 2.24) is 5.32 Å². The summed E-state index contributed by atoms with van der Waals surface area (Å²) in [4.78, 5) is 11.3. The predicted molar refractivity (Wildman–Crippen MR) is 73.8 cm³/mol. The van der Waals surface area contributed by atoms with Crippen molar-refractivity contribution in [2.24, 2.45) is 0 Å². The fourth-order valence-corrected chi connectivity index (χ4v) is 1.63. The first kappa shape index (κ1) is 16.7. The molecule has 0 radical (unpaired) electrons. The molecule has 114 valence electrons. The highest BCUT2D eigenvalue weighted by Crippen LogP contribution is 2.16. The Kier molecular flexibility index (Phi) is 7.94. The van der Waals surface area contributed by atoms with Crippen LogP contribution < -0.4 is 5.32 Å². The van der Waals surface area contributed by atoms with Crippen LogP contribution in [0.4, 0.5) is 0 Å². The molecular weight excluding hydrogens is 262 g/mol. The fourth-order valence-electron chi connectivity index (χ4n) is 1.63. The minimum Gasteiger partial charge on any atom is -0.463 e. The molecule has 0 spiro atoms. The minimum atomic E-state index is -0.463. The van der Waals surface area contributed by atoms with Gasteiger partial charge in [-0.25, -0.2) is 4.79 Å². The van der Waals surface area contributed by atoms with Crippen LogP contribution >= 0.6 is 0 Å². The molecule has 1 unspecified atom stereocenters. The number of rotatable bonds is 10. The highest BCUT2D eigenvalue weighted by Gasteiger charge is 2.14. The van der Waals surface area contributed by atoms with Crippen LogP contribution in [0.2, 0.25) is 0 Å². The number of ether oxygens (including phenoxy) is 3. The van der Waals surface area contributed by atoms with Crippen molar-refractivity contribution in [3.8, 4) is 0 Å². The molecule has 0 fully saturated rings. The Hall–Kier alpha value is -1.37. The maximum Gasteiger partial charge on any atom is 0.373 e. The molecule has 1 aromatic heterocycles. The van der Waals surface area contributed by atoms with E-state index in [-0.39, 0.29) is 11.8 Å². The Balaban J connectivity index is 2.20. The van der Waals surface area contributed by atoms with Crippen LogP contribution in [0.1, 0.15) is 35.7 Å². The molecule has 0 saturated carbocycles. The largest absolute Gasteiger partial charge is 0.463 e. The molecule has 1 aromatic rings. The molecule has 0 aliphatic heterocycles. The summed E-state index contributed by atoms with van der Waals surface area (Å²) in [6.07, 6.45) is 0.901. The maximum absolute atomic E-state index is 11.3. The molecule has 0 amide bonds. The van der Waals surface area contributed by atoms with Crippen LogP contribution in [0.5, 0.6) is 0 Å². The van der Waals surface area contributed by atoms with Crippen LogP contribution in [0, 0.1) is 0 Å². The van der Waals surface area contributed by atoms with Crippen LogP contribution in [0.3, 0.4) is 0 Å². The van der Waals surface area contributed by atoms with Gasteiger partial charge in [-0.15, -0.1) is 0 Å². The molecule has 1 heterocycles. The van der Waals surface area contributed by atoms with Gasteiger partial charge < -0.3 is 23.9 Å². The molecule has 6 nitrogen and oxygen atoms in total. The van der Waals surface area contributed by atoms with Gasteiger partial charge in [0.1, 0.15) is 5.76 Å². The van der Waals surface area contributed by atoms with Gasteiger partial charge in [0.2, 0.25) is 5.76 Å². The molecule has 0 bridgehead atoms. The van der Waals surface area contributed by atoms with E-state index in [1.165, 1.54) is 7.11 Å². The molecule has 20 heavy (non-hydrogen) atoms. The molecule has 1 rings (SSSR count). The Morgan fingerprint density at radius 2 is 2.10 bits per heavy atom. The van der Waals surface area contributed by atoms with E-state index in [1.54, 1.807) is 19.2 Å². The van der Waals surface area contributed by atoms with Gasteiger partial charge in [0.25, 0.3) is 0 Å². The number of nitrogens with one attached hydrogen (secondary N) is 1. The third-order valence-corrected chi connectivity index (χ3v) is 2.79. The van der Waals surface area contributed by atoms with E-state index in [4.69, 9.17) is 13.9 Å². The molecule has 0 aliphatic rings. The van der Waals surface area contributed by atoms with Gasteiger partial charge in [-0.2, -0.15) is 0 Å². The highest BCUT2D eigenvalue weighted by atomic mass is 16.5. The molecule has 6 heteroatoms. The van der Waals surface area contributed by atoms with Gasteiger partial charge in [-0.05, 0) is 32.0 Å². The van der Waals surface area contributed by atoms with Gasteiger partial charge in [-0.3, -0.25) is 0 Å². The summed E-state index contributed by atoms with van der Waals surface area (Å²) >= 11 is 0. The van der Waals surface area contributed by atoms with Crippen molar-refractivity contribution in [2.75, 3.05) is 40.6 Å². The third kappa shape index (κ3) is 5.73. The lowest BCUT2D eigenvalue weighted by molar-refractivity contribution is 0.0562. The predicted octanol–water partition coefficient (Wildman–Crippen LogP) is 1.77. The van der Waals surface area contributed by atoms with Gasteiger partial charge >= 0.3 is 5.97 Å². The lowest BCUT2D eigenvalue weighted by Gasteiger charge is -2.11. The van der Waals surface area contributed by atoms with Crippen LogP contribution in [-0.4, -0.2) is 46.6 Å². The molecule has 0 saturated heterocycles. The van der Waals surface area contributed by atoms with Gasteiger partial charge in [0, 0.05) is 13.7 Å². The van der Waals surface area contributed by atoms with Crippen molar-refractivity contribution in [3.63, 3.8) is 0 Å². The normalized spacial score (nSPS) is 12.3. The van der Waals surface area contributed by atoms with E-state index in [1.807, 2.05) is 6.92 Å². The number of carbonyl (C=O) groups excluding carboxylic acids is 1. The summed E-state index contributed by atoms with van der Waals surface area (Å²) in [5.41, 5.74) is 0. The van der Waals surface area contributed by atoms with Crippen molar-refractivity contribution >= 4 is 5.97 Å². The van der Waals surface area contributed by atoms with Crippen LogP contribution in [0.15, 0.2) is 16.5 Å². The first-order chi connectivity index (χ1) is 9.69. The van der Waals surface area contributed by atoms with Gasteiger partial charge in [0.05, 0.1) is 26.4 Å². The Morgan fingerprint density at radius 3 is 2.80 bits per heavy atom. The van der Waals surface area contributed by atoms with E-state index >= 15 is 0 Å². The number of hydrogen-bond donors (Lipinski definition) is 1. The van der Waals surface area contributed by atoms with Crippen molar-refractivity contribution in [2.45, 2.75) is 19.4 Å². The first-order valence-electron chi connectivity index (χ1n) is 6.67. The Labute approximate surface area is 119 Å². The number of carbonyl (C=O) groups is 1. The lowest BCUT2D eigenvalue weighted by Crippen LogP contribution is -2.20. The SMILES string of the molecule is COCCOCCCNC(C)c1ccc(C(=O)OC)o1. The molecule has 1 N–H and O–H groups in total. The smallest absolute Gasteiger partial charge is 0.373 e. The summed E-state index contributed by atoms with van der Waals surface area (Å²) in [6, 6.07) is 3.43. The van der Waals surface area contributed by atoms with Crippen molar-refractivity contribution < 1.29 is 23.4 Å². The number of furan rings is 1. The average Bonchev–Trinajstić information content (AvgIpc) is 2.95. The first-order valence-corrected chi connectivity index (χ1v) is 6.67. The maximum atomic E-state index is 11.3. The van der Waals surface area contributed by atoms with E-state index < -0.39 is 5.97 Å². The van der Waals surface area contributed by atoms with Crippen LogP contribution in [-0.2, 0) is 14.2 Å². The minimum absolute atomic E-state index is 0.0346. The second kappa shape index (κ2) is 9.52. The Morgan fingerprint density at radius 1 is 1.30 bits per heavy atom. The second-order valence-electron chi connectivity index (χ2n) is 4.33. The summed E-state index contributed by atoms with van der Waals surface area (Å²) in [7, 11) is 2.98. The van der Waals surface area contributed by atoms with E-state index in [0.29, 0.717) is 25.6 Å². The summed E-state index contributed by atoms with van der Waals surface area (Å²) < 4.78 is 20.3. The topological polar surface area (TPSA) is 69.9 Å². The summed E-state index contributed by atoms with van der Waals surface area (Å²) in [6.45, 7) is 4.71. The molecular formula is C14H23NO5. The third-order valence-electron chi connectivity index (χ3n) is 2.79. The van der Waals surface area contributed by atoms with E-state index in [9.17, 15) is 4.79 Å². The number of esters is 1. The van der Waals surface area contributed by atoms with Gasteiger partial charge in [0.15, 0.2) is 0 Å². The lowest BCUT2D eigenvalue weighted by atomic mass is 10.2. The standard InChI is InChI=1S/C14H23NO5/c1-11(15-7-4-8-19-10-9-17-2)12-5-6-13(20-12)14(16)18-3/h5-6,11,15H,4,7-10H2,1-3H3. The van der Waals surface area contributed by atoms with Crippen molar-refractivity contribution in [3.05, 3.63) is 23.7 Å². The zero-order valence-electron chi connectivity index (χ0n) is 12.3. The molecule has 0 aromatic carbocycles. The number of methoxy groups -OCH3 is 2. The van der Waals surface area contributed by atoms with Gasteiger partial charge in [-0.1, -0.05) is 0 Å². The number of hydrogen-bond acceptors (Lipinski definition) is 6. The van der Waals surface area contributed by atoms with Crippen LogP contribution in [0.25, 0.3) is 0 Å². The highest BCUT2D eigenvalue weighted by molar-refractivity contribution is 5.86. The zero-order chi connectivity index (χ0) is 14.8. The average molecular weight is 285 g/mol. The summed E-state index contributed by atoms with van der Waals surface area (Å²) in [5.74, 6) is 0.472. The van der Waals surface area contributed by atoms with E-state index in [0.717, 1.165) is 13.0 Å². The monoisotopic (exact) mass is 285 g/mol. The van der Waals surface area contributed by atoms with Crippen molar-refractivity contribution in [1.29, 1.82) is 0 Å². The molecule has 0 aliphatic carbocycles. The zero-order valence-corrected chi connectivity index (χ0v) is 12.3. The second-order valence-corrected chi connectivity index (χ2v) is 4.33. The summed E-state index contributed by atoms with van der Waals surface area (Å²) in [5, 5.41) is 3.30. The quantitative estimate of drug-likeness (QED) is 0.522.